The van der Waals surface area contributed by atoms with Gasteiger partial charge in [0, 0.05) is 19.8 Å². The standard InChI is InChI=1S/C6H7NO4.C2H6O2.H2N3/c1-4(8)11-7-5(9)2-3-6(7)10;3-1-2-4;1-3-2/h2-3H2,1H3;3-4H,1-2H2;1-2H/q;;+1. The summed E-state index contributed by atoms with van der Waals surface area (Å²) in [6, 6.07) is 0. The molecular weight excluding hydrogens is 248 g/mol. The van der Waals surface area contributed by atoms with Crippen molar-refractivity contribution in [2.75, 3.05) is 13.2 Å². The maximum atomic E-state index is 10.7. The van der Waals surface area contributed by atoms with Crippen LogP contribution >= 0.6 is 0 Å². The predicted molar refractivity (Wildman–Crippen MR) is 54.6 cm³/mol. The zero-order valence-corrected chi connectivity index (χ0v) is 9.75. The van der Waals surface area contributed by atoms with Crippen molar-refractivity contribution in [3.05, 3.63) is 0 Å². The lowest BCUT2D eigenvalue weighted by atomic mass is 10.4. The molecule has 1 heterocycles. The Hall–Kier alpha value is -2.16. The molecule has 0 aromatic heterocycles. The monoisotopic (exact) mass is 263 g/mol. The third-order valence-corrected chi connectivity index (χ3v) is 1.33. The van der Waals surface area contributed by atoms with E-state index in [9.17, 15) is 14.4 Å². The van der Waals surface area contributed by atoms with Gasteiger partial charge in [0.2, 0.25) is 4.91 Å². The highest BCUT2D eigenvalue weighted by molar-refractivity contribution is 6.01. The average molecular weight is 263 g/mol. The molecule has 0 aliphatic carbocycles. The van der Waals surface area contributed by atoms with Crippen LogP contribution in [0.4, 0.5) is 0 Å². The van der Waals surface area contributed by atoms with Crippen molar-refractivity contribution in [1.82, 2.24) is 9.97 Å². The maximum Gasteiger partial charge on any atom is 0.330 e. The minimum absolute atomic E-state index is 0.125. The van der Waals surface area contributed by atoms with Crippen molar-refractivity contribution in [2.24, 2.45) is 0 Å². The van der Waals surface area contributed by atoms with Crippen molar-refractivity contribution in [3.8, 4) is 0 Å². The molecule has 0 unspecified atom stereocenters. The molecule has 102 valence electrons. The largest absolute Gasteiger partial charge is 0.394 e. The van der Waals surface area contributed by atoms with Gasteiger partial charge < -0.3 is 15.1 Å². The third kappa shape index (κ3) is 9.09. The van der Waals surface area contributed by atoms with E-state index in [1.165, 1.54) is 0 Å². The van der Waals surface area contributed by atoms with Crippen molar-refractivity contribution < 1.29 is 29.4 Å². The fraction of sp³-hybridized carbons (Fsp3) is 0.625. The summed E-state index contributed by atoms with van der Waals surface area (Å²) in [5, 5.41) is 15.8. The van der Waals surface area contributed by atoms with Crippen LogP contribution in [0, 0.1) is 11.1 Å². The van der Waals surface area contributed by atoms with E-state index in [0.717, 1.165) is 6.92 Å². The normalized spacial score (nSPS) is 12.7. The highest BCUT2D eigenvalue weighted by atomic mass is 16.7. The SMILES string of the molecule is CC(=O)ON1C(=O)CCC1=O.N=[N+]=N.OCCO. The second-order valence-electron chi connectivity index (χ2n) is 2.72. The van der Waals surface area contributed by atoms with E-state index in [0.29, 0.717) is 5.06 Å². The second-order valence-corrected chi connectivity index (χ2v) is 2.72. The van der Waals surface area contributed by atoms with Crippen LogP contribution in [-0.4, -0.2) is 46.3 Å². The number of carbonyl (C=O) groups excluding carboxylic acids is 3. The lowest BCUT2D eigenvalue weighted by molar-refractivity contribution is -0.195. The highest BCUT2D eigenvalue weighted by Gasteiger charge is 2.31. The molecule has 0 saturated carbocycles. The van der Waals surface area contributed by atoms with E-state index >= 15 is 0 Å². The van der Waals surface area contributed by atoms with E-state index in [-0.39, 0.29) is 26.1 Å². The van der Waals surface area contributed by atoms with Gasteiger partial charge in [-0.15, -0.1) is 5.06 Å². The van der Waals surface area contributed by atoms with E-state index in [4.69, 9.17) is 21.3 Å². The smallest absolute Gasteiger partial charge is 0.330 e. The molecule has 0 bridgehead atoms. The van der Waals surface area contributed by atoms with E-state index in [2.05, 4.69) is 4.84 Å². The maximum absolute atomic E-state index is 10.7. The number of hydrogen-bond donors (Lipinski definition) is 4. The molecule has 10 heteroatoms. The Labute approximate surface area is 102 Å². The molecule has 2 amide bonds. The Morgan fingerprint density at radius 2 is 1.61 bits per heavy atom. The number of aliphatic hydroxyl groups is 2. The quantitative estimate of drug-likeness (QED) is 0.274. The summed E-state index contributed by atoms with van der Waals surface area (Å²) in [6.45, 7) is 0.888. The number of rotatable bonds is 2. The van der Waals surface area contributed by atoms with Crippen LogP contribution in [0.25, 0.3) is 0 Å². The van der Waals surface area contributed by atoms with E-state index in [1.54, 1.807) is 0 Å². The number of hydroxylamine groups is 2. The van der Waals surface area contributed by atoms with Gasteiger partial charge in [0.05, 0.1) is 13.2 Å². The molecule has 10 nitrogen and oxygen atoms in total. The Morgan fingerprint density at radius 3 is 1.83 bits per heavy atom. The first kappa shape index (κ1) is 18.2. The first-order chi connectivity index (χ1) is 8.44. The number of nitrogens with zero attached hydrogens (tertiary/aromatic N) is 2. The Morgan fingerprint density at radius 1 is 1.28 bits per heavy atom. The number of aliphatic hydroxyl groups excluding tert-OH is 2. The molecule has 0 atom stereocenters. The fourth-order valence-corrected chi connectivity index (χ4v) is 0.786. The third-order valence-electron chi connectivity index (χ3n) is 1.33. The summed E-state index contributed by atoms with van der Waals surface area (Å²) < 4.78 is 0. The molecule has 1 aliphatic heterocycles. The molecule has 1 saturated heterocycles. The Bertz CT molecular complexity index is 308. The molecule has 0 spiro atoms. The van der Waals surface area contributed by atoms with Crippen LogP contribution in [0.15, 0.2) is 0 Å². The summed E-state index contributed by atoms with van der Waals surface area (Å²) in [4.78, 5) is 38.1. The van der Waals surface area contributed by atoms with Crippen LogP contribution in [0.1, 0.15) is 19.8 Å². The number of amides is 2. The highest BCUT2D eigenvalue weighted by Crippen LogP contribution is 2.11. The lowest BCUT2D eigenvalue weighted by Gasteiger charge is -2.09. The molecule has 0 aromatic rings. The van der Waals surface area contributed by atoms with Gasteiger partial charge in [0.1, 0.15) is 11.1 Å². The van der Waals surface area contributed by atoms with Gasteiger partial charge in [-0.3, -0.25) is 9.59 Å². The summed E-state index contributed by atoms with van der Waals surface area (Å²) in [6.07, 6.45) is 0.262. The second kappa shape index (κ2) is 11.3. The van der Waals surface area contributed by atoms with Crippen molar-refractivity contribution in [1.29, 1.82) is 11.1 Å². The van der Waals surface area contributed by atoms with Crippen LogP contribution in [-0.2, 0) is 19.2 Å². The van der Waals surface area contributed by atoms with Crippen LogP contribution in [0.5, 0.6) is 0 Å². The van der Waals surface area contributed by atoms with Crippen molar-refractivity contribution >= 4 is 17.8 Å². The van der Waals surface area contributed by atoms with Gasteiger partial charge in [-0.1, -0.05) is 0 Å². The number of imide groups is 1. The molecular formula is C8H15N4O6+. The molecule has 1 aliphatic rings. The first-order valence-electron chi connectivity index (χ1n) is 4.73. The zero-order valence-electron chi connectivity index (χ0n) is 9.75. The topological polar surface area (TPSA) is 166 Å². The molecule has 18 heavy (non-hydrogen) atoms. The summed E-state index contributed by atoms with van der Waals surface area (Å²) in [5.74, 6) is -1.57. The Balaban J connectivity index is 0. The first-order valence-corrected chi connectivity index (χ1v) is 4.73. The van der Waals surface area contributed by atoms with Crippen LogP contribution < -0.4 is 4.91 Å². The minimum atomic E-state index is -0.659. The van der Waals surface area contributed by atoms with Gasteiger partial charge in [-0.05, 0) is 0 Å². The van der Waals surface area contributed by atoms with E-state index < -0.39 is 17.8 Å². The van der Waals surface area contributed by atoms with Gasteiger partial charge >= 0.3 is 5.97 Å². The lowest BCUT2D eigenvalue weighted by Crippen LogP contribution is -2.30. The predicted octanol–water partition coefficient (Wildman–Crippen LogP) is -1.30. The number of hydrogen-bond acceptors (Lipinski definition) is 8. The van der Waals surface area contributed by atoms with Crippen molar-refractivity contribution in [3.63, 3.8) is 0 Å². The number of nitrogens with one attached hydrogen (secondary N) is 2. The van der Waals surface area contributed by atoms with Crippen molar-refractivity contribution in [2.45, 2.75) is 19.8 Å². The molecule has 1 rings (SSSR count). The van der Waals surface area contributed by atoms with Gasteiger partial charge in [-0.2, -0.15) is 0 Å². The molecule has 0 aromatic carbocycles. The average Bonchev–Trinajstić information content (AvgIpc) is 2.62. The van der Waals surface area contributed by atoms with E-state index in [1.807, 2.05) is 4.91 Å². The minimum Gasteiger partial charge on any atom is -0.394 e. The van der Waals surface area contributed by atoms with Gasteiger partial charge in [0.15, 0.2) is 0 Å². The molecule has 1 fully saturated rings. The summed E-state index contributed by atoms with van der Waals surface area (Å²) >= 11 is 0. The number of carbonyl (C=O) groups is 3. The summed E-state index contributed by atoms with van der Waals surface area (Å²) in [7, 11) is 0. The Kier molecular flexibility index (Phi) is 11.5. The van der Waals surface area contributed by atoms with Gasteiger partial charge in [0.25, 0.3) is 11.8 Å². The van der Waals surface area contributed by atoms with Crippen LogP contribution in [0.3, 0.4) is 0 Å². The van der Waals surface area contributed by atoms with Gasteiger partial charge in [-0.25, -0.2) is 4.79 Å². The van der Waals surface area contributed by atoms with Crippen LogP contribution in [0.2, 0.25) is 0 Å². The summed E-state index contributed by atoms with van der Waals surface area (Å²) in [5.41, 5.74) is 11.0. The molecule has 4 N–H and O–H groups in total. The fourth-order valence-electron chi connectivity index (χ4n) is 0.786. The molecule has 0 radical (unpaired) electrons. The zero-order chi connectivity index (χ0) is 14.6.